The Labute approximate surface area is 127 Å². The Kier molecular flexibility index (Phi) is 5.62. The number of aryl methyl sites for hydroxylation is 1. The second-order valence-electron chi connectivity index (χ2n) is 5.86. The van der Waals surface area contributed by atoms with Crippen LogP contribution in [0.1, 0.15) is 37.3 Å². The van der Waals surface area contributed by atoms with E-state index < -0.39 is 0 Å². The minimum Gasteiger partial charge on any atom is -0.483 e. The van der Waals surface area contributed by atoms with E-state index in [1.807, 2.05) is 17.0 Å². The van der Waals surface area contributed by atoms with E-state index in [1.165, 1.54) is 5.56 Å². The van der Waals surface area contributed by atoms with Crippen LogP contribution in [0.5, 0.6) is 5.75 Å². The number of amides is 1. The van der Waals surface area contributed by atoms with Crippen molar-refractivity contribution < 1.29 is 9.53 Å². The van der Waals surface area contributed by atoms with Gasteiger partial charge in [0, 0.05) is 19.1 Å². The number of benzene rings is 1. The van der Waals surface area contributed by atoms with Gasteiger partial charge in [-0.25, -0.2) is 0 Å². The predicted molar refractivity (Wildman–Crippen MR) is 84.5 cm³/mol. The van der Waals surface area contributed by atoms with E-state index >= 15 is 0 Å². The highest BCUT2D eigenvalue weighted by Crippen LogP contribution is 2.22. The second kappa shape index (κ2) is 7.46. The van der Waals surface area contributed by atoms with Crippen molar-refractivity contribution >= 4 is 5.91 Å². The highest BCUT2D eigenvalue weighted by molar-refractivity contribution is 5.78. The number of likely N-dealkylation sites (tertiary alicyclic amines) is 1. The molecule has 1 fully saturated rings. The van der Waals surface area contributed by atoms with E-state index in [4.69, 9.17) is 10.5 Å². The number of rotatable bonds is 6. The summed E-state index contributed by atoms with van der Waals surface area (Å²) in [5.41, 5.74) is 8.33. The maximum atomic E-state index is 12.1. The van der Waals surface area contributed by atoms with Crippen LogP contribution in [0.4, 0.5) is 0 Å². The molecule has 1 aliphatic heterocycles. The molecule has 0 saturated carbocycles. The van der Waals surface area contributed by atoms with Crippen molar-refractivity contribution in [1.82, 2.24) is 4.90 Å². The van der Waals surface area contributed by atoms with Crippen LogP contribution >= 0.6 is 0 Å². The number of hydrogen-bond donors (Lipinski definition) is 1. The Morgan fingerprint density at radius 3 is 2.76 bits per heavy atom. The molecule has 2 N–H and O–H groups in total. The summed E-state index contributed by atoms with van der Waals surface area (Å²) in [6.45, 7) is 5.99. The molecule has 21 heavy (non-hydrogen) atoms. The molecule has 0 spiro atoms. The van der Waals surface area contributed by atoms with Crippen molar-refractivity contribution in [3.63, 3.8) is 0 Å². The lowest BCUT2D eigenvalue weighted by Crippen LogP contribution is -2.32. The number of carbonyl (C=O) groups excluding carboxylic acids is 1. The Morgan fingerprint density at radius 1 is 1.38 bits per heavy atom. The SMILES string of the molecule is CCC(N)Cc1cc(C)ccc1OCC(=O)N1CCCC1. The quantitative estimate of drug-likeness (QED) is 0.874. The number of hydrogen-bond acceptors (Lipinski definition) is 3. The van der Waals surface area contributed by atoms with Crippen LogP contribution in [0.15, 0.2) is 18.2 Å². The van der Waals surface area contributed by atoms with Gasteiger partial charge in [-0.15, -0.1) is 0 Å². The molecule has 0 radical (unpaired) electrons. The van der Waals surface area contributed by atoms with E-state index in [2.05, 4.69) is 19.9 Å². The highest BCUT2D eigenvalue weighted by Gasteiger charge is 2.18. The summed E-state index contributed by atoms with van der Waals surface area (Å²) >= 11 is 0. The molecule has 0 bridgehead atoms. The standard InChI is InChI=1S/C17H26N2O2/c1-3-15(18)11-14-10-13(2)6-7-16(14)21-12-17(20)19-8-4-5-9-19/h6-7,10,15H,3-5,8-9,11-12,18H2,1-2H3. The molecule has 1 amide bonds. The molecular formula is C17H26N2O2. The fourth-order valence-electron chi connectivity index (χ4n) is 2.63. The van der Waals surface area contributed by atoms with Crippen LogP contribution in [0, 0.1) is 6.92 Å². The topological polar surface area (TPSA) is 55.6 Å². The summed E-state index contributed by atoms with van der Waals surface area (Å²) in [6, 6.07) is 6.19. The molecule has 1 heterocycles. The van der Waals surface area contributed by atoms with Crippen LogP contribution in [0.25, 0.3) is 0 Å². The first kappa shape index (κ1) is 15.8. The maximum absolute atomic E-state index is 12.1. The Morgan fingerprint density at radius 2 is 2.10 bits per heavy atom. The molecule has 1 aromatic carbocycles. The predicted octanol–water partition coefficient (Wildman–Crippen LogP) is 2.28. The molecule has 0 aliphatic carbocycles. The summed E-state index contributed by atoms with van der Waals surface area (Å²) in [7, 11) is 0. The Bertz CT molecular complexity index is 482. The zero-order valence-electron chi connectivity index (χ0n) is 13.1. The van der Waals surface area contributed by atoms with Gasteiger partial charge < -0.3 is 15.4 Å². The van der Waals surface area contributed by atoms with Crippen LogP contribution in [-0.2, 0) is 11.2 Å². The van der Waals surface area contributed by atoms with E-state index in [9.17, 15) is 4.79 Å². The summed E-state index contributed by atoms with van der Waals surface area (Å²) in [5, 5.41) is 0. The molecule has 116 valence electrons. The average Bonchev–Trinajstić information content (AvgIpc) is 3.00. The third-order valence-corrected chi connectivity index (χ3v) is 4.03. The van der Waals surface area contributed by atoms with Crippen LogP contribution in [0.3, 0.4) is 0 Å². The summed E-state index contributed by atoms with van der Waals surface area (Å²) in [4.78, 5) is 13.9. The first-order chi connectivity index (χ1) is 10.1. The minimum atomic E-state index is 0.0822. The molecule has 4 nitrogen and oxygen atoms in total. The van der Waals surface area contributed by atoms with E-state index in [-0.39, 0.29) is 18.6 Å². The fourth-order valence-corrected chi connectivity index (χ4v) is 2.63. The molecule has 2 rings (SSSR count). The van der Waals surface area contributed by atoms with Gasteiger partial charge in [0.2, 0.25) is 0 Å². The van der Waals surface area contributed by atoms with Gasteiger partial charge >= 0.3 is 0 Å². The van der Waals surface area contributed by atoms with Crippen LogP contribution in [-0.4, -0.2) is 36.5 Å². The van der Waals surface area contributed by atoms with Crippen molar-refractivity contribution in [1.29, 1.82) is 0 Å². The molecule has 1 atom stereocenters. The monoisotopic (exact) mass is 290 g/mol. The first-order valence-corrected chi connectivity index (χ1v) is 7.86. The smallest absolute Gasteiger partial charge is 0.260 e. The van der Waals surface area contributed by atoms with E-state index in [0.29, 0.717) is 0 Å². The third kappa shape index (κ3) is 4.46. The normalized spacial score (nSPS) is 16.0. The summed E-state index contributed by atoms with van der Waals surface area (Å²) in [5.74, 6) is 0.871. The van der Waals surface area contributed by atoms with E-state index in [0.717, 1.165) is 50.1 Å². The molecule has 1 saturated heterocycles. The fraction of sp³-hybridized carbons (Fsp3) is 0.588. The van der Waals surface area contributed by atoms with Gasteiger partial charge in [-0.2, -0.15) is 0 Å². The lowest BCUT2D eigenvalue weighted by molar-refractivity contribution is -0.132. The lowest BCUT2D eigenvalue weighted by Gasteiger charge is -2.18. The summed E-state index contributed by atoms with van der Waals surface area (Å²) in [6.07, 6.45) is 3.92. The first-order valence-electron chi connectivity index (χ1n) is 7.86. The Balaban J connectivity index is 1.99. The molecule has 4 heteroatoms. The van der Waals surface area contributed by atoms with Gasteiger partial charge in [0.05, 0.1) is 0 Å². The maximum Gasteiger partial charge on any atom is 0.260 e. The summed E-state index contributed by atoms with van der Waals surface area (Å²) < 4.78 is 5.76. The Hall–Kier alpha value is -1.55. The van der Waals surface area contributed by atoms with Crippen molar-refractivity contribution in [2.75, 3.05) is 19.7 Å². The van der Waals surface area contributed by atoms with E-state index in [1.54, 1.807) is 0 Å². The van der Waals surface area contributed by atoms with Gasteiger partial charge in [-0.05, 0) is 44.2 Å². The van der Waals surface area contributed by atoms with Crippen molar-refractivity contribution in [2.24, 2.45) is 5.73 Å². The van der Waals surface area contributed by atoms with Crippen molar-refractivity contribution in [3.8, 4) is 5.75 Å². The van der Waals surface area contributed by atoms with Crippen LogP contribution < -0.4 is 10.5 Å². The van der Waals surface area contributed by atoms with Gasteiger partial charge in [0.25, 0.3) is 5.91 Å². The highest BCUT2D eigenvalue weighted by atomic mass is 16.5. The minimum absolute atomic E-state index is 0.0822. The molecule has 1 unspecified atom stereocenters. The van der Waals surface area contributed by atoms with Gasteiger partial charge in [0.1, 0.15) is 5.75 Å². The number of ether oxygens (including phenoxy) is 1. The number of nitrogens with zero attached hydrogens (tertiary/aromatic N) is 1. The molecule has 0 aromatic heterocycles. The largest absolute Gasteiger partial charge is 0.483 e. The van der Waals surface area contributed by atoms with Gasteiger partial charge in [-0.1, -0.05) is 24.6 Å². The average molecular weight is 290 g/mol. The lowest BCUT2D eigenvalue weighted by atomic mass is 10.0. The zero-order valence-corrected chi connectivity index (χ0v) is 13.1. The van der Waals surface area contributed by atoms with Crippen molar-refractivity contribution in [2.45, 2.75) is 45.6 Å². The number of nitrogens with two attached hydrogens (primary N) is 1. The second-order valence-corrected chi connectivity index (χ2v) is 5.86. The molecular weight excluding hydrogens is 264 g/mol. The zero-order chi connectivity index (χ0) is 15.2. The third-order valence-electron chi connectivity index (χ3n) is 4.03. The van der Waals surface area contributed by atoms with Gasteiger partial charge in [-0.3, -0.25) is 4.79 Å². The number of carbonyl (C=O) groups is 1. The van der Waals surface area contributed by atoms with Crippen molar-refractivity contribution in [3.05, 3.63) is 29.3 Å². The molecule has 1 aliphatic rings. The van der Waals surface area contributed by atoms with Crippen LogP contribution in [0.2, 0.25) is 0 Å². The van der Waals surface area contributed by atoms with Gasteiger partial charge in [0.15, 0.2) is 6.61 Å². The molecule has 1 aromatic rings.